The Kier molecular flexibility index (Phi) is 3.74. The van der Waals surface area contributed by atoms with Crippen LogP contribution >= 0.6 is 0 Å². The first-order chi connectivity index (χ1) is 10.1. The molecule has 0 fully saturated rings. The molecule has 1 aliphatic heterocycles. The average Bonchev–Trinajstić information content (AvgIpc) is 2.69. The van der Waals surface area contributed by atoms with Gasteiger partial charge in [-0.25, -0.2) is 4.39 Å². The first-order valence-corrected chi connectivity index (χ1v) is 7.27. The van der Waals surface area contributed by atoms with Crippen molar-refractivity contribution >= 4 is 5.91 Å². The molecule has 0 aromatic heterocycles. The van der Waals surface area contributed by atoms with Gasteiger partial charge in [0.15, 0.2) is 0 Å². The minimum absolute atomic E-state index is 0.000283. The predicted molar refractivity (Wildman–Crippen MR) is 80.9 cm³/mol. The van der Waals surface area contributed by atoms with Gasteiger partial charge >= 0.3 is 0 Å². The summed E-state index contributed by atoms with van der Waals surface area (Å²) in [7, 11) is 0. The van der Waals surface area contributed by atoms with Crippen molar-refractivity contribution < 1.29 is 9.18 Å². The average molecular weight is 283 g/mol. The van der Waals surface area contributed by atoms with Crippen molar-refractivity contribution in [3.05, 3.63) is 70.5 Å². The fraction of sp³-hybridized carbons (Fsp3) is 0.278. The molecule has 3 heteroatoms. The van der Waals surface area contributed by atoms with Crippen LogP contribution in [-0.2, 0) is 12.8 Å². The molecule has 2 aromatic rings. The lowest BCUT2D eigenvalue weighted by Gasteiger charge is -2.21. The second kappa shape index (κ2) is 5.68. The van der Waals surface area contributed by atoms with Crippen LogP contribution in [0.2, 0.25) is 0 Å². The van der Waals surface area contributed by atoms with E-state index in [0.717, 1.165) is 12.8 Å². The van der Waals surface area contributed by atoms with Gasteiger partial charge in [-0.3, -0.25) is 4.79 Å². The molecule has 1 amide bonds. The number of nitrogens with zero attached hydrogens (tertiary/aromatic N) is 1. The molecule has 0 saturated carbocycles. The molecule has 1 aliphatic rings. The second-order valence-corrected chi connectivity index (χ2v) is 5.52. The maximum Gasteiger partial charge on any atom is 0.254 e. The molecule has 21 heavy (non-hydrogen) atoms. The largest absolute Gasteiger partial charge is 0.338 e. The van der Waals surface area contributed by atoms with Gasteiger partial charge in [0.05, 0.1) is 0 Å². The molecule has 0 radical (unpaired) electrons. The smallest absolute Gasteiger partial charge is 0.254 e. The summed E-state index contributed by atoms with van der Waals surface area (Å²) in [6.45, 7) is 3.21. The van der Waals surface area contributed by atoms with Crippen LogP contribution in [0.5, 0.6) is 0 Å². The third-order valence-electron chi connectivity index (χ3n) is 4.13. The number of benzene rings is 2. The molecule has 0 bridgehead atoms. The summed E-state index contributed by atoms with van der Waals surface area (Å²) in [5.74, 6) is -0.298. The molecule has 0 N–H and O–H groups in total. The fourth-order valence-electron chi connectivity index (χ4n) is 2.91. The molecule has 0 saturated heterocycles. The summed E-state index contributed by atoms with van der Waals surface area (Å²) >= 11 is 0. The van der Waals surface area contributed by atoms with E-state index in [2.05, 4.69) is 12.1 Å². The van der Waals surface area contributed by atoms with Crippen molar-refractivity contribution in [1.82, 2.24) is 4.90 Å². The molecule has 0 spiro atoms. The van der Waals surface area contributed by atoms with Gasteiger partial charge in [0, 0.05) is 18.7 Å². The number of carbonyl (C=O) groups is 1. The Morgan fingerprint density at radius 2 is 1.67 bits per heavy atom. The van der Waals surface area contributed by atoms with Gasteiger partial charge in [-0.1, -0.05) is 24.3 Å². The first kappa shape index (κ1) is 13.8. The molecule has 0 atom stereocenters. The van der Waals surface area contributed by atoms with E-state index in [1.54, 1.807) is 13.0 Å². The van der Waals surface area contributed by atoms with E-state index in [4.69, 9.17) is 0 Å². The van der Waals surface area contributed by atoms with Crippen LogP contribution in [0, 0.1) is 12.7 Å². The Morgan fingerprint density at radius 1 is 1.05 bits per heavy atom. The highest BCUT2D eigenvalue weighted by atomic mass is 19.1. The zero-order chi connectivity index (χ0) is 14.8. The van der Waals surface area contributed by atoms with Crippen molar-refractivity contribution in [3.8, 4) is 0 Å². The van der Waals surface area contributed by atoms with Crippen molar-refractivity contribution in [1.29, 1.82) is 0 Å². The maximum absolute atomic E-state index is 13.2. The van der Waals surface area contributed by atoms with Crippen LogP contribution in [0.3, 0.4) is 0 Å². The van der Waals surface area contributed by atoms with Crippen LogP contribution in [0.15, 0.2) is 42.5 Å². The predicted octanol–water partition coefficient (Wildman–Crippen LogP) is 3.38. The molecule has 1 heterocycles. The molecular formula is C18H18FNO. The summed E-state index contributed by atoms with van der Waals surface area (Å²) in [6.07, 6.45) is 1.75. The minimum Gasteiger partial charge on any atom is -0.338 e. The lowest BCUT2D eigenvalue weighted by atomic mass is 10.0. The minimum atomic E-state index is -0.299. The Morgan fingerprint density at radius 3 is 2.24 bits per heavy atom. The lowest BCUT2D eigenvalue weighted by Crippen LogP contribution is -2.33. The van der Waals surface area contributed by atoms with Gasteiger partial charge in [0.25, 0.3) is 5.91 Å². The van der Waals surface area contributed by atoms with E-state index in [0.29, 0.717) is 24.2 Å². The molecule has 2 nitrogen and oxygen atoms in total. The van der Waals surface area contributed by atoms with Crippen LogP contribution < -0.4 is 0 Å². The van der Waals surface area contributed by atoms with E-state index >= 15 is 0 Å². The highest BCUT2D eigenvalue weighted by molar-refractivity contribution is 5.95. The highest BCUT2D eigenvalue weighted by Crippen LogP contribution is 2.18. The zero-order valence-electron chi connectivity index (χ0n) is 12.1. The lowest BCUT2D eigenvalue weighted by molar-refractivity contribution is 0.0762. The van der Waals surface area contributed by atoms with Crippen molar-refractivity contribution in [2.75, 3.05) is 13.1 Å². The monoisotopic (exact) mass is 283 g/mol. The van der Waals surface area contributed by atoms with Crippen LogP contribution in [0.25, 0.3) is 0 Å². The van der Waals surface area contributed by atoms with E-state index in [1.807, 2.05) is 17.0 Å². The number of fused-ring (bicyclic) bond motifs is 1. The van der Waals surface area contributed by atoms with E-state index < -0.39 is 0 Å². The zero-order valence-corrected chi connectivity index (χ0v) is 12.1. The van der Waals surface area contributed by atoms with E-state index in [9.17, 15) is 9.18 Å². The molecular weight excluding hydrogens is 265 g/mol. The number of amides is 1. The third-order valence-corrected chi connectivity index (χ3v) is 4.13. The number of halogens is 1. The van der Waals surface area contributed by atoms with Gasteiger partial charge in [-0.15, -0.1) is 0 Å². The van der Waals surface area contributed by atoms with Crippen LogP contribution in [0.4, 0.5) is 4.39 Å². The van der Waals surface area contributed by atoms with Gasteiger partial charge < -0.3 is 4.90 Å². The number of hydrogen-bond donors (Lipinski definition) is 0. The van der Waals surface area contributed by atoms with Crippen LogP contribution in [-0.4, -0.2) is 23.9 Å². The molecule has 2 aromatic carbocycles. The van der Waals surface area contributed by atoms with Gasteiger partial charge in [0.1, 0.15) is 5.82 Å². The fourth-order valence-corrected chi connectivity index (χ4v) is 2.91. The Labute approximate surface area is 124 Å². The summed E-state index contributed by atoms with van der Waals surface area (Å²) in [4.78, 5) is 14.5. The SMILES string of the molecule is Cc1cc(F)ccc1C(=O)N1CCc2ccccc2CC1. The molecule has 108 valence electrons. The van der Waals surface area contributed by atoms with Gasteiger partial charge in [0.2, 0.25) is 0 Å². The molecule has 0 aliphatic carbocycles. The second-order valence-electron chi connectivity index (χ2n) is 5.52. The third kappa shape index (κ3) is 2.82. The Balaban J connectivity index is 1.81. The standard InChI is InChI=1S/C18H18FNO/c1-13-12-16(19)6-7-17(13)18(21)20-10-8-14-4-2-3-5-15(14)9-11-20/h2-7,12H,8-11H2,1H3. The maximum atomic E-state index is 13.2. The number of rotatable bonds is 1. The van der Waals surface area contributed by atoms with Crippen molar-refractivity contribution in [3.63, 3.8) is 0 Å². The summed E-state index contributed by atoms with van der Waals surface area (Å²) < 4.78 is 13.2. The number of carbonyl (C=O) groups excluding carboxylic acids is 1. The molecule has 3 rings (SSSR count). The van der Waals surface area contributed by atoms with Gasteiger partial charge in [-0.05, 0) is 54.7 Å². The normalized spacial score (nSPS) is 14.5. The first-order valence-electron chi connectivity index (χ1n) is 7.27. The summed E-state index contributed by atoms with van der Waals surface area (Å²) in [6, 6.07) is 12.7. The number of hydrogen-bond acceptors (Lipinski definition) is 1. The van der Waals surface area contributed by atoms with E-state index in [-0.39, 0.29) is 11.7 Å². The van der Waals surface area contributed by atoms with Gasteiger partial charge in [-0.2, -0.15) is 0 Å². The van der Waals surface area contributed by atoms with Crippen molar-refractivity contribution in [2.45, 2.75) is 19.8 Å². The summed E-state index contributed by atoms with van der Waals surface area (Å²) in [5, 5.41) is 0. The quantitative estimate of drug-likeness (QED) is 0.785. The Bertz CT molecular complexity index is 654. The Hall–Kier alpha value is -2.16. The van der Waals surface area contributed by atoms with Crippen molar-refractivity contribution in [2.24, 2.45) is 0 Å². The summed E-state index contributed by atoms with van der Waals surface area (Å²) in [5.41, 5.74) is 3.94. The van der Waals surface area contributed by atoms with Crippen LogP contribution in [0.1, 0.15) is 27.0 Å². The molecule has 0 unspecified atom stereocenters. The van der Waals surface area contributed by atoms with E-state index in [1.165, 1.54) is 23.3 Å². The highest BCUT2D eigenvalue weighted by Gasteiger charge is 2.20. The number of aryl methyl sites for hydroxylation is 1. The topological polar surface area (TPSA) is 20.3 Å².